The molecule has 3 rings (SSSR count). The summed E-state index contributed by atoms with van der Waals surface area (Å²) in [6.07, 6.45) is 3.20. The molecule has 0 atom stereocenters. The molecule has 0 N–H and O–H groups in total. The Kier molecular flexibility index (Phi) is 6.11. The number of nitrogens with zero attached hydrogens (tertiary/aromatic N) is 1. The van der Waals surface area contributed by atoms with Crippen LogP contribution in [0.2, 0.25) is 0 Å². The molecular weight excluding hydrogens is 358 g/mol. The number of carbonyl (C=O) groups is 2. The molecule has 0 fully saturated rings. The van der Waals surface area contributed by atoms with Crippen LogP contribution in [0.5, 0.6) is 5.75 Å². The van der Waals surface area contributed by atoms with Crippen molar-refractivity contribution in [2.75, 3.05) is 26.3 Å². The van der Waals surface area contributed by atoms with Gasteiger partial charge in [-0.3, -0.25) is 4.79 Å². The number of hydrogen-bond donors (Lipinski definition) is 0. The molecule has 144 valence electrons. The standard InChI is InChI=1S/C22H21NO5/c1-3-11-23(12-4-2)21(24)14-27-22(25)15-26-16-9-10-20-18(13-16)17-7-5-6-8-19(17)28-20/h3-10,13H,1-2,11-12,14-15H2. The van der Waals surface area contributed by atoms with Gasteiger partial charge in [0.2, 0.25) is 0 Å². The van der Waals surface area contributed by atoms with Gasteiger partial charge in [-0.25, -0.2) is 4.79 Å². The first kappa shape index (κ1) is 19.2. The third-order valence-corrected chi connectivity index (χ3v) is 4.11. The first-order valence-electron chi connectivity index (χ1n) is 8.81. The molecule has 1 aromatic heterocycles. The van der Waals surface area contributed by atoms with Gasteiger partial charge in [-0.15, -0.1) is 13.2 Å². The van der Waals surface area contributed by atoms with E-state index in [0.717, 1.165) is 21.9 Å². The number of furan rings is 1. The number of rotatable bonds is 9. The summed E-state index contributed by atoms with van der Waals surface area (Å²) < 4.78 is 16.3. The monoisotopic (exact) mass is 379 g/mol. The largest absolute Gasteiger partial charge is 0.482 e. The number of ether oxygens (including phenoxy) is 2. The minimum atomic E-state index is -0.623. The van der Waals surface area contributed by atoms with E-state index in [1.54, 1.807) is 24.3 Å². The van der Waals surface area contributed by atoms with Crippen molar-refractivity contribution in [2.45, 2.75) is 0 Å². The van der Waals surface area contributed by atoms with Crippen molar-refractivity contribution >= 4 is 33.8 Å². The van der Waals surface area contributed by atoms with Gasteiger partial charge in [0, 0.05) is 23.9 Å². The molecular formula is C22H21NO5. The third-order valence-electron chi connectivity index (χ3n) is 4.11. The van der Waals surface area contributed by atoms with E-state index >= 15 is 0 Å². The molecule has 6 nitrogen and oxygen atoms in total. The highest BCUT2D eigenvalue weighted by atomic mass is 16.6. The summed E-state index contributed by atoms with van der Waals surface area (Å²) in [6.45, 7) is 7.27. The highest BCUT2D eigenvalue weighted by molar-refractivity contribution is 6.05. The van der Waals surface area contributed by atoms with E-state index in [2.05, 4.69) is 13.2 Å². The van der Waals surface area contributed by atoms with Crippen molar-refractivity contribution < 1.29 is 23.5 Å². The van der Waals surface area contributed by atoms with E-state index in [1.165, 1.54) is 4.90 Å². The zero-order valence-electron chi connectivity index (χ0n) is 15.4. The number of hydrogen-bond acceptors (Lipinski definition) is 5. The fourth-order valence-electron chi connectivity index (χ4n) is 2.80. The quantitative estimate of drug-likeness (QED) is 0.419. The van der Waals surface area contributed by atoms with Crippen molar-refractivity contribution in [3.05, 3.63) is 67.8 Å². The van der Waals surface area contributed by atoms with Crippen LogP contribution in [-0.2, 0) is 14.3 Å². The molecule has 0 aliphatic heterocycles. The van der Waals surface area contributed by atoms with Gasteiger partial charge >= 0.3 is 5.97 Å². The molecule has 0 saturated heterocycles. The highest BCUT2D eigenvalue weighted by Crippen LogP contribution is 2.31. The molecule has 28 heavy (non-hydrogen) atoms. The molecule has 2 aromatic carbocycles. The normalized spacial score (nSPS) is 10.6. The van der Waals surface area contributed by atoms with Crippen molar-refractivity contribution in [2.24, 2.45) is 0 Å². The third kappa shape index (κ3) is 4.40. The van der Waals surface area contributed by atoms with Gasteiger partial charge in [0.15, 0.2) is 13.2 Å². The van der Waals surface area contributed by atoms with Crippen molar-refractivity contribution in [3.8, 4) is 5.75 Å². The van der Waals surface area contributed by atoms with Crippen LogP contribution in [-0.4, -0.2) is 43.1 Å². The average molecular weight is 379 g/mol. The Morgan fingerprint density at radius 3 is 2.43 bits per heavy atom. The molecule has 0 radical (unpaired) electrons. The molecule has 0 unspecified atom stereocenters. The maximum atomic E-state index is 12.0. The van der Waals surface area contributed by atoms with Crippen LogP contribution >= 0.6 is 0 Å². The second kappa shape index (κ2) is 8.90. The maximum Gasteiger partial charge on any atom is 0.344 e. The summed E-state index contributed by atoms with van der Waals surface area (Å²) >= 11 is 0. The second-order valence-electron chi connectivity index (χ2n) is 6.08. The second-order valence-corrected chi connectivity index (χ2v) is 6.08. The predicted octanol–water partition coefficient (Wildman–Crippen LogP) is 3.71. The van der Waals surface area contributed by atoms with Crippen molar-refractivity contribution in [3.63, 3.8) is 0 Å². The number of esters is 1. The van der Waals surface area contributed by atoms with Crippen LogP contribution in [0.4, 0.5) is 0 Å². The minimum Gasteiger partial charge on any atom is -0.482 e. The van der Waals surface area contributed by atoms with Crippen LogP contribution < -0.4 is 4.74 Å². The Hall–Kier alpha value is -3.54. The van der Waals surface area contributed by atoms with Gasteiger partial charge in [-0.1, -0.05) is 30.4 Å². The van der Waals surface area contributed by atoms with E-state index in [-0.39, 0.29) is 19.1 Å². The summed E-state index contributed by atoms with van der Waals surface area (Å²) in [5, 5.41) is 1.88. The fraction of sp³-hybridized carbons (Fsp3) is 0.182. The highest BCUT2D eigenvalue weighted by Gasteiger charge is 2.14. The summed E-state index contributed by atoms with van der Waals surface area (Å²) in [6, 6.07) is 13.0. The predicted molar refractivity (Wildman–Crippen MR) is 107 cm³/mol. The zero-order valence-corrected chi connectivity index (χ0v) is 15.4. The summed E-state index contributed by atoms with van der Waals surface area (Å²) in [5.74, 6) is -0.427. The Labute approximate surface area is 162 Å². The van der Waals surface area contributed by atoms with Gasteiger partial charge in [0.05, 0.1) is 0 Å². The van der Waals surface area contributed by atoms with Gasteiger partial charge in [0.1, 0.15) is 16.9 Å². The lowest BCUT2D eigenvalue weighted by Crippen LogP contribution is -2.35. The SMILES string of the molecule is C=CCN(CC=C)C(=O)COC(=O)COc1ccc2oc3ccccc3c2c1. The Morgan fingerprint density at radius 2 is 1.68 bits per heavy atom. The van der Waals surface area contributed by atoms with Crippen molar-refractivity contribution in [1.29, 1.82) is 0 Å². The number of amides is 1. The lowest BCUT2D eigenvalue weighted by atomic mass is 10.1. The average Bonchev–Trinajstić information content (AvgIpc) is 3.08. The lowest BCUT2D eigenvalue weighted by molar-refractivity contribution is -0.153. The Balaban J connectivity index is 1.57. The minimum absolute atomic E-state index is 0.294. The van der Waals surface area contributed by atoms with E-state index in [0.29, 0.717) is 18.8 Å². The Bertz CT molecular complexity index is 1010. The molecule has 6 heteroatoms. The first-order valence-corrected chi connectivity index (χ1v) is 8.81. The molecule has 1 amide bonds. The Morgan fingerprint density at radius 1 is 0.964 bits per heavy atom. The number of benzene rings is 2. The molecule has 1 heterocycles. The molecule has 3 aromatic rings. The molecule has 0 aliphatic rings. The van der Waals surface area contributed by atoms with Gasteiger partial charge in [-0.2, -0.15) is 0 Å². The van der Waals surface area contributed by atoms with Crippen LogP contribution in [0, 0.1) is 0 Å². The number of fused-ring (bicyclic) bond motifs is 3. The number of para-hydroxylation sites is 1. The fourth-order valence-corrected chi connectivity index (χ4v) is 2.80. The summed E-state index contributed by atoms with van der Waals surface area (Å²) in [4.78, 5) is 25.4. The van der Waals surface area contributed by atoms with Crippen LogP contribution in [0.3, 0.4) is 0 Å². The first-order chi connectivity index (χ1) is 13.6. The van der Waals surface area contributed by atoms with Crippen LogP contribution in [0.25, 0.3) is 21.9 Å². The summed E-state index contributed by atoms with van der Waals surface area (Å²) in [5.41, 5.74) is 1.53. The molecule has 0 bridgehead atoms. The van der Waals surface area contributed by atoms with Crippen LogP contribution in [0.1, 0.15) is 0 Å². The van der Waals surface area contributed by atoms with E-state index in [1.807, 2.05) is 30.3 Å². The van der Waals surface area contributed by atoms with E-state index < -0.39 is 5.97 Å². The topological polar surface area (TPSA) is 69.0 Å². The number of carbonyl (C=O) groups excluding carboxylic acids is 2. The van der Waals surface area contributed by atoms with Gasteiger partial charge in [-0.05, 0) is 24.3 Å². The molecule has 0 saturated carbocycles. The lowest BCUT2D eigenvalue weighted by Gasteiger charge is -2.18. The smallest absolute Gasteiger partial charge is 0.344 e. The maximum absolute atomic E-state index is 12.0. The summed E-state index contributed by atoms with van der Waals surface area (Å²) in [7, 11) is 0. The molecule has 0 aliphatic carbocycles. The van der Waals surface area contributed by atoms with E-state index in [9.17, 15) is 9.59 Å². The van der Waals surface area contributed by atoms with Crippen LogP contribution in [0.15, 0.2) is 72.2 Å². The van der Waals surface area contributed by atoms with Gasteiger partial charge < -0.3 is 18.8 Å². The van der Waals surface area contributed by atoms with Crippen molar-refractivity contribution in [1.82, 2.24) is 4.90 Å². The van der Waals surface area contributed by atoms with Gasteiger partial charge in [0.25, 0.3) is 5.91 Å². The van der Waals surface area contributed by atoms with E-state index in [4.69, 9.17) is 13.9 Å². The zero-order chi connectivity index (χ0) is 19.9. The molecule has 0 spiro atoms.